The van der Waals surface area contributed by atoms with Crippen LogP contribution in [-0.4, -0.2) is 50.1 Å². The first-order valence-corrected chi connectivity index (χ1v) is 12.0. The molecule has 1 saturated carbocycles. The molecular formula is C23H34N4O2S. The van der Waals surface area contributed by atoms with E-state index in [-0.39, 0.29) is 36.5 Å². The molecule has 164 valence electrons. The van der Waals surface area contributed by atoms with Crippen LogP contribution in [0, 0.1) is 0 Å². The Morgan fingerprint density at radius 3 is 2.47 bits per heavy atom. The van der Waals surface area contributed by atoms with Crippen molar-refractivity contribution in [2.24, 2.45) is 0 Å². The summed E-state index contributed by atoms with van der Waals surface area (Å²) in [5.41, 5.74) is 1.78. The highest BCUT2D eigenvalue weighted by atomic mass is 32.2. The Balaban J connectivity index is 1.74. The summed E-state index contributed by atoms with van der Waals surface area (Å²) in [6, 6.07) is 8.42. The van der Waals surface area contributed by atoms with E-state index < -0.39 is 0 Å². The molecule has 2 amide bonds. The van der Waals surface area contributed by atoms with Crippen LogP contribution in [0.5, 0.6) is 0 Å². The molecule has 0 atom stereocenters. The van der Waals surface area contributed by atoms with Gasteiger partial charge in [-0.3, -0.25) is 9.59 Å². The molecule has 1 aliphatic rings. The first kappa shape index (κ1) is 22.7. The fourth-order valence-electron chi connectivity index (χ4n) is 4.35. The normalized spacial score (nSPS) is 15.1. The summed E-state index contributed by atoms with van der Waals surface area (Å²) < 4.78 is 1.94. The number of aromatic nitrogens is 2. The minimum Gasteiger partial charge on any atom is -0.352 e. The highest BCUT2D eigenvalue weighted by Gasteiger charge is 2.22. The number of para-hydroxylation sites is 2. The molecule has 0 saturated heterocycles. The van der Waals surface area contributed by atoms with Crippen LogP contribution in [-0.2, 0) is 16.1 Å². The van der Waals surface area contributed by atoms with Gasteiger partial charge in [0.25, 0.3) is 0 Å². The number of nitrogens with zero attached hydrogens (tertiary/aromatic N) is 3. The maximum Gasteiger partial charge on any atom is 0.240 e. The molecule has 0 radical (unpaired) electrons. The van der Waals surface area contributed by atoms with E-state index in [0.717, 1.165) is 29.0 Å². The van der Waals surface area contributed by atoms with Gasteiger partial charge in [0, 0.05) is 18.1 Å². The van der Waals surface area contributed by atoms with Crippen molar-refractivity contribution in [1.82, 2.24) is 19.8 Å². The molecule has 6 nitrogen and oxygen atoms in total. The van der Waals surface area contributed by atoms with Crippen molar-refractivity contribution in [1.29, 1.82) is 0 Å². The monoisotopic (exact) mass is 430 g/mol. The van der Waals surface area contributed by atoms with Crippen molar-refractivity contribution >= 4 is 34.6 Å². The summed E-state index contributed by atoms with van der Waals surface area (Å²) in [4.78, 5) is 32.2. The summed E-state index contributed by atoms with van der Waals surface area (Å²) in [5, 5.41) is 3.91. The van der Waals surface area contributed by atoms with Crippen molar-refractivity contribution in [2.75, 3.05) is 5.75 Å². The Morgan fingerprint density at radius 1 is 1.13 bits per heavy atom. The zero-order valence-corrected chi connectivity index (χ0v) is 19.4. The van der Waals surface area contributed by atoms with Crippen LogP contribution < -0.4 is 5.32 Å². The van der Waals surface area contributed by atoms with Gasteiger partial charge < -0.3 is 14.8 Å². The number of nitrogens with one attached hydrogen (secondary N) is 1. The third-order valence-electron chi connectivity index (χ3n) is 5.62. The highest BCUT2D eigenvalue weighted by Crippen LogP contribution is 2.25. The molecule has 1 N–H and O–H groups in total. The van der Waals surface area contributed by atoms with E-state index in [4.69, 9.17) is 4.98 Å². The van der Waals surface area contributed by atoms with Gasteiger partial charge in [-0.2, -0.15) is 0 Å². The molecule has 0 aliphatic heterocycles. The van der Waals surface area contributed by atoms with Crippen LogP contribution in [0.1, 0.15) is 59.8 Å². The van der Waals surface area contributed by atoms with Crippen LogP contribution in [0.3, 0.4) is 0 Å². The predicted molar refractivity (Wildman–Crippen MR) is 123 cm³/mol. The smallest absolute Gasteiger partial charge is 0.240 e. The number of benzene rings is 1. The standard InChI is InChI=1S/C23H34N4O2S/c1-16(2)27(17(3)4)22(29)15-30-23-25-19-12-8-9-13-20(19)26(23)14-21(28)24-18-10-6-5-7-11-18/h8-9,12-13,16-18H,5-7,10-11,14-15H2,1-4H3,(H,24,28). The van der Waals surface area contributed by atoms with E-state index in [0.29, 0.717) is 5.75 Å². The van der Waals surface area contributed by atoms with E-state index in [9.17, 15) is 9.59 Å². The van der Waals surface area contributed by atoms with Gasteiger partial charge in [-0.1, -0.05) is 43.2 Å². The fraction of sp³-hybridized carbons (Fsp3) is 0.609. The lowest BCUT2D eigenvalue weighted by molar-refractivity contribution is -0.131. The maximum absolute atomic E-state index is 12.8. The highest BCUT2D eigenvalue weighted by molar-refractivity contribution is 7.99. The van der Waals surface area contributed by atoms with E-state index >= 15 is 0 Å². The zero-order chi connectivity index (χ0) is 21.7. The van der Waals surface area contributed by atoms with Gasteiger partial charge in [0.05, 0.1) is 16.8 Å². The fourth-order valence-corrected chi connectivity index (χ4v) is 5.24. The number of carbonyl (C=O) groups is 2. The van der Waals surface area contributed by atoms with Gasteiger partial charge in [0.2, 0.25) is 11.8 Å². The number of carbonyl (C=O) groups excluding carboxylic acids is 2. The number of rotatable bonds is 8. The third kappa shape index (κ3) is 5.56. The number of imidazole rings is 1. The van der Waals surface area contributed by atoms with Crippen LogP contribution >= 0.6 is 11.8 Å². The molecule has 1 fully saturated rings. The van der Waals surface area contributed by atoms with Gasteiger partial charge in [-0.15, -0.1) is 0 Å². The van der Waals surface area contributed by atoms with E-state index in [1.54, 1.807) is 0 Å². The Bertz CT molecular complexity index is 863. The number of hydrogen-bond donors (Lipinski definition) is 1. The van der Waals surface area contributed by atoms with Crippen molar-refractivity contribution in [3.63, 3.8) is 0 Å². The third-order valence-corrected chi connectivity index (χ3v) is 6.58. The molecule has 0 bridgehead atoms. The maximum atomic E-state index is 12.8. The van der Waals surface area contributed by atoms with Gasteiger partial charge in [0.1, 0.15) is 6.54 Å². The second kappa shape index (κ2) is 10.3. The SMILES string of the molecule is CC(C)N(C(=O)CSc1nc2ccccc2n1CC(=O)NC1CCCCC1)C(C)C. The van der Waals surface area contributed by atoms with Gasteiger partial charge in [0.15, 0.2) is 5.16 Å². The van der Waals surface area contributed by atoms with E-state index in [1.807, 2.05) is 61.4 Å². The lowest BCUT2D eigenvalue weighted by atomic mass is 9.95. The second-order valence-electron chi connectivity index (χ2n) is 8.65. The molecular weight excluding hydrogens is 396 g/mol. The molecule has 1 aromatic heterocycles. The summed E-state index contributed by atoms with van der Waals surface area (Å²) in [5.74, 6) is 0.420. The van der Waals surface area contributed by atoms with Crippen molar-refractivity contribution in [3.8, 4) is 0 Å². The molecule has 1 aliphatic carbocycles. The van der Waals surface area contributed by atoms with Crippen LogP contribution in [0.2, 0.25) is 0 Å². The number of thioether (sulfide) groups is 1. The minimum absolute atomic E-state index is 0.0178. The molecule has 1 aromatic carbocycles. The summed E-state index contributed by atoms with van der Waals surface area (Å²) in [7, 11) is 0. The van der Waals surface area contributed by atoms with Gasteiger partial charge in [-0.25, -0.2) is 4.98 Å². The van der Waals surface area contributed by atoms with E-state index in [2.05, 4.69) is 5.32 Å². The zero-order valence-electron chi connectivity index (χ0n) is 18.6. The lowest BCUT2D eigenvalue weighted by Gasteiger charge is -2.30. The average Bonchev–Trinajstić information content (AvgIpc) is 3.04. The van der Waals surface area contributed by atoms with Crippen LogP contribution in [0.4, 0.5) is 0 Å². The van der Waals surface area contributed by atoms with Crippen LogP contribution in [0.25, 0.3) is 11.0 Å². The Hall–Kier alpha value is -2.02. The number of amides is 2. The Morgan fingerprint density at radius 2 is 1.80 bits per heavy atom. The molecule has 7 heteroatoms. The summed E-state index contributed by atoms with van der Waals surface area (Å²) in [6.45, 7) is 8.37. The lowest BCUT2D eigenvalue weighted by Crippen LogP contribution is -2.43. The molecule has 3 rings (SSSR count). The molecule has 0 spiro atoms. The average molecular weight is 431 g/mol. The molecule has 1 heterocycles. The summed E-state index contributed by atoms with van der Waals surface area (Å²) >= 11 is 1.41. The first-order valence-electron chi connectivity index (χ1n) is 11.1. The largest absolute Gasteiger partial charge is 0.352 e. The summed E-state index contributed by atoms with van der Waals surface area (Å²) in [6.07, 6.45) is 5.76. The van der Waals surface area contributed by atoms with Gasteiger partial charge >= 0.3 is 0 Å². The van der Waals surface area contributed by atoms with Crippen molar-refractivity contribution < 1.29 is 9.59 Å². The second-order valence-corrected chi connectivity index (χ2v) is 9.59. The van der Waals surface area contributed by atoms with Crippen LogP contribution in [0.15, 0.2) is 29.4 Å². The Labute approximate surface area is 183 Å². The Kier molecular flexibility index (Phi) is 7.81. The van der Waals surface area contributed by atoms with Crippen molar-refractivity contribution in [2.45, 2.75) is 89.6 Å². The first-order chi connectivity index (χ1) is 14.4. The molecule has 2 aromatic rings. The van der Waals surface area contributed by atoms with Gasteiger partial charge in [-0.05, 0) is 52.7 Å². The minimum atomic E-state index is 0.0178. The van der Waals surface area contributed by atoms with Crippen molar-refractivity contribution in [3.05, 3.63) is 24.3 Å². The molecule has 0 unspecified atom stereocenters. The van der Waals surface area contributed by atoms with E-state index in [1.165, 1.54) is 31.0 Å². The molecule has 30 heavy (non-hydrogen) atoms. The number of fused-ring (bicyclic) bond motifs is 1. The topological polar surface area (TPSA) is 67.2 Å². The quantitative estimate of drug-likeness (QED) is 0.637. The number of hydrogen-bond acceptors (Lipinski definition) is 4. The predicted octanol–water partition coefficient (Wildman–Crippen LogP) is 4.22.